The van der Waals surface area contributed by atoms with Crippen molar-refractivity contribution in [1.82, 2.24) is 4.90 Å². The van der Waals surface area contributed by atoms with Crippen molar-refractivity contribution >= 4 is 32.0 Å². The van der Waals surface area contributed by atoms with Crippen LogP contribution in [-0.2, 0) is 37.4 Å². The van der Waals surface area contributed by atoms with Gasteiger partial charge in [-0.15, -0.1) is 4.76 Å². The summed E-state index contributed by atoms with van der Waals surface area (Å²) < 4.78 is 47.0. The van der Waals surface area contributed by atoms with Gasteiger partial charge in [0.05, 0.1) is 26.4 Å². The van der Waals surface area contributed by atoms with Gasteiger partial charge in [-0.05, 0) is 19.3 Å². The molecule has 222 valence electrons. The highest BCUT2D eigenvalue weighted by Crippen LogP contribution is 2.49. The first-order valence-electron chi connectivity index (χ1n) is 12.9. The Labute approximate surface area is 224 Å². The Kier molecular flexibility index (Phi) is 19.9. The van der Waals surface area contributed by atoms with E-state index in [1.165, 1.54) is 7.05 Å². The van der Waals surface area contributed by atoms with E-state index in [1.54, 1.807) is 6.92 Å². The number of unbranched alkanes of at least 4 members (excludes halogenated alkanes) is 4. The van der Waals surface area contributed by atoms with Gasteiger partial charge in [-0.25, -0.2) is 18.9 Å². The van der Waals surface area contributed by atoms with E-state index in [-0.39, 0.29) is 46.1 Å². The number of hydrogen-bond acceptors (Lipinski definition) is 10. The maximum absolute atomic E-state index is 13.2. The van der Waals surface area contributed by atoms with Crippen molar-refractivity contribution in [1.29, 1.82) is 0 Å². The molecule has 1 atom stereocenters. The molecule has 0 heterocycles. The van der Waals surface area contributed by atoms with Crippen molar-refractivity contribution in [3.05, 3.63) is 0 Å². The lowest BCUT2D eigenvalue weighted by atomic mass is 10.1. The van der Waals surface area contributed by atoms with Crippen LogP contribution in [0.4, 0.5) is 9.59 Å². The number of aliphatic carboxylic acids is 1. The smallest absolute Gasteiger partial charge is 0.480 e. The fourth-order valence-electron chi connectivity index (χ4n) is 2.86. The zero-order valence-electron chi connectivity index (χ0n) is 22.9. The van der Waals surface area contributed by atoms with Crippen molar-refractivity contribution in [3.63, 3.8) is 0 Å². The molecule has 0 spiro atoms. The normalized spacial score (nSPS) is 12.5. The third-order valence-corrected chi connectivity index (χ3v) is 6.42. The molecule has 0 saturated carbocycles. The van der Waals surface area contributed by atoms with E-state index in [0.717, 1.165) is 30.6 Å². The van der Waals surface area contributed by atoms with Crippen LogP contribution in [-0.4, -0.2) is 87.0 Å². The quantitative estimate of drug-likeness (QED) is 0.0655. The highest BCUT2D eigenvalue weighted by molar-refractivity contribution is 7.52. The van der Waals surface area contributed by atoms with Crippen LogP contribution in [0.2, 0.25) is 0 Å². The highest BCUT2D eigenvalue weighted by atomic mass is 31.2. The predicted molar refractivity (Wildman–Crippen MR) is 139 cm³/mol. The van der Waals surface area contributed by atoms with Crippen LogP contribution in [0.5, 0.6) is 0 Å². The average Bonchev–Trinajstić information content (AvgIpc) is 2.87. The summed E-state index contributed by atoms with van der Waals surface area (Å²) in [5, 5.41) is 9.45. The lowest BCUT2D eigenvalue weighted by Crippen LogP contribution is -2.46. The Bertz CT molecular complexity index is 731. The Morgan fingerprint density at radius 2 is 1.24 bits per heavy atom. The van der Waals surface area contributed by atoms with Crippen molar-refractivity contribution in [3.8, 4) is 0 Å². The number of carboxylic acid groups (broad SMARTS) is 1. The Hall–Kier alpha value is -2.57. The third-order valence-electron chi connectivity index (χ3n) is 4.95. The SMILES string of the molecule is CCCCCOC(=O)OCCOP(=O)(N=C(N)N(C)C(CCC)C(=O)O)OCCOC(=O)OCCCCC. The van der Waals surface area contributed by atoms with Gasteiger partial charge in [-0.1, -0.05) is 52.9 Å². The minimum Gasteiger partial charge on any atom is -0.480 e. The second-order valence-electron chi connectivity index (χ2n) is 8.15. The topological polar surface area (TPSA) is 186 Å². The highest BCUT2D eigenvalue weighted by Gasteiger charge is 2.29. The van der Waals surface area contributed by atoms with Crippen LogP contribution in [0.1, 0.15) is 72.1 Å². The summed E-state index contributed by atoms with van der Waals surface area (Å²) in [6, 6.07) is -1.02. The van der Waals surface area contributed by atoms with Gasteiger partial charge in [0.1, 0.15) is 19.3 Å². The molecule has 0 saturated heterocycles. The van der Waals surface area contributed by atoms with Gasteiger partial charge in [-0.2, -0.15) is 0 Å². The maximum atomic E-state index is 13.2. The molecule has 0 rings (SSSR count). The van der Waals surface area contributed by atoms with E-state index in [2.05, 4.69) is 4.76 Å². The summed E-state index contributed by atoms with van der Waals surface area (Å²) in [6.07, 6.45) is 4.17. The van der Waals surface area contributed by atoms with E-state index >= 15 is 0 Å². The van der Waals surface area contributed by atoms with Crippen LogP contribution in [0.25, 0.3) is 0 Å². The molecule has 0 aliphatic carbocycles. The summed E-state index contributed by atoms with van der Waals surface area (Å²) in [4.78, 5) is 35.9. The van der Waals surface area contributed by atoms with Crippen molar-refractivity contribution in [2.24, 2.45) is 10.5 Å². The number of likely N-dealkylation sites (N-methyl/N-ethyl adjacent to an activating group) is 1. The van der Waals surface area contributed by atoms with Crippen LogP contribution in [0.3, 0.4) is 0 Å². The Balaban J connectivity index is 5.05. The summed E-state index contributed by atoms with van der Waals surface area (Å²) in [6.45, 7) is 4.84. The Morgan fingerprint density at radius 3 is 1.63 bits per heavy atom. The molecule has 0 bridgehead atoms. The fraction of sp³-hybridized carbons (Fsp3) is 0.826. The Morgan fingerprint density at radius 1 is 0.789 bits per heavy atom. The number of hydrogen-bond donors (Lipinski definition) is 2. The number of carbonyl (C=O) groups excluding carboxylic acids is 2. The number of nitrogens with zero attached hydrogens (tertiary/aromatic N) is 2. The lowest BCUT2D eigenvalue weighted by molar-refractivity contribution is -0.141. The molecule has 0 aliphatic rings. The van der Waals surface area contributed by atoms with E-state index in [1.807, 2.05) is 13.8 Å². The van der Waals surface area contributed by atoms with Crippen molar-refractivity contribution < 1.29 is 52.1 Å². The van der Waals surface area contributed by atoms with Gasteiger partial charge in [0.25, 0.3) is 0 Å². The van der Waals surface area contributed by atoms with Crippen molar-refractivity contribution in [2.75, 3.05) is 46.7 Å². The zero-order chi connectivity index (χ0) is 28.8. The average molecular weight is 570 g/mol. The molecule has 0 amide bonds. The van der Waals surface area contributed by atoms with E-state index in [4.69, 9.17) is 33.7 Å². The number of nitrogens with two attached hydrogens (primary N) is 1. The molecule has 1 unspecified atom stereocenters. The predicted octanol–water partition coefficient (Wildman–Crippen LogP) is 4.31. The van der Waals surface area contributed by atoms with E-state index < -0.39 is 38.0 Å². The fourth-order valence-corrected chi connectivity index (χ4v) is 4.05. The maximum Gasteiger partial charge on any atom is 0.508 e. The zero-order valence-corrected chi connectivity index (χ0v) is 23.8. The van der Waals surface area contributed by atoms with Crippen LogP contribution in [0, 0.1) is 0 Å². The lowest BCUT2D eigenvalue weighted by Gasteiger charge is -2.26. The first-order valence-corrected chi connectivity index (χ1v) is 14.4. The minimum atomic E-state index is -4.33. The summed E-state index contributed by atoms with van der Waals surface area (Å²) in [7, 11) is -2.95. The number of ether oxygens (including phenoxy) is 4. The largest absolute Gasteiger partial charge is 0.508 e. The first kappa shape index (κ1) is 35.4. The molecule has 0 aromatic rings. The monoisotopic (exact) mass is 569 g/mol. The molecule has 3 N–H and O–H groups in total. The van der Waals surface area contributed by atoms with Crippen molar-refractivity contribution in [2.45, 2.75) is 78.2 Å². The van der Waals surface area contributed by atoms with Crippen LogP contribution < -0.4 is 5.73 Å². The molecule has 0 fully saturated rings. The standard InChI is InChI=1S/C23H44N3O11P/c1-5-8-10-13-32-22(29)34-15-17-36-38(31,25-21(24)26(4)19(12-7-3)20(27)28)37-18-16-35-23(30)33-14-11-9-6-2/h19H,5-18H2,1-4H3,(H,27,28)(H2,24,25,31). The van der Waals surface area contributed by atoms with Crippen LogP contribution in [0.15, 0.2) is 4.76 Å². The number of guanidine groups is 1. The number of carbonyl (C=O) groups is 3. The molecule has 0 aromatic carbocycles. The number of carboxylic acids is 1. The van der Waals surface area contributed by atoms with Gasteiger partial charge < -0.3 is 34.7 Å². The summed E-state index contributed by atoms with van der Waals surface area (Å²) in [5.41, 5.74) is 5.91. The third kappa shape index (κ3) is 17.0. The molecule has 38 heavy (non-hydrogen) atoms. The molecular weight excluding hydrogens is 525 g/mol. The summed E-state index contributed by atoms with van der Waals surface area (Å²) in [5.74, 6) is -1.54. The molecule has 0 aromatic heterocycles. The molecule has 0 aliphatic heterocycles. The molecule has 0 radical (unpaired) electrons. The minimum absolute atomic E-state index is 0.214. The van der Waals surface area contributed by atoms with Gasteiger partial charge in [0.2, 0.25) is 5.96 Å². The van der Waals surface area contributed by atoms with Gasteiger partial charge in [-0.3, -0.25) is 9.05 Å². The first-order chi connectivity index (χ1) is 18.1. The van der Waals surface area contributed by atoms with Gasteiger partial charge in [0.15, 0.2) is 0 Å². The second kappa shape index (κ2) is 21.4. The molecule has 15 heteroatoms. The molecule has 14 nitrogen and oxygen atoms in total. The van der Waals surface area contributed by atoms with E-state index in [0.29, 0.717) is 19.3 Å². The van der Waals surface area contributed by atoms with Gasteiger partial charge >= 0.3 is 26.0 Å². The van der Waals surface area contributed by atoms with Gasteiger partial charge in [0, 0.05) is 7.05 Å². The summed E-state index contributed by atoms with van der Waals surface area (Å²) >= 11 is 0. The number of rotatable bonds is 21. The second-order valence-corrected chi connectivity index (χ2v) is 9.81. The molecular formula is C23H44N3O11P. The van der Waals surface area contributed by atoms with Crippen LogP contribution >= 0.6 is 7.75 Å². The van der Waals surface area contributed by atoms with E-state index in [9.17, 15) is 24.1 Å².